The molecule has 0 unspecified atom stereocenters. The number of rotatable bonds is 2. The van der Waals surface area contributed by atoms with Crippen LogP contribution in [0.5, 0.6) is 0 Å². The lowest BCUT2D eigenvalue weighted by molar-refractivity contribution is 1.21. The van der Waals surface area contributed by atoms with Crippen LogP contribution in [0.3, 0.4) is 0 Å². The van der Waals surface area contributed by atoms with E-state index in [4.69, 9.17) is 24.4 Å². The maximum atomic E-state index is 5.26. The average molecular weight is 347 g/mol. The van der Waals surface area contributed by atoms with E-state index >= 15 is 0 Å². The zero-order valence-electron chi connectivity index (χ0n) is 10.8. The molecule has 0 saturated carbocycles. The molecule has 2 heterocycles. The molecule has 0 atom stereocenters. The molecule has 4 aromatic rings. The third kappa shape index (κ3) is 2.38. The Kier molecular flexibility index (Phi) is 3.26. The minimum Gasteiger partial charge on any atom is -0.337 e. The monoisotopic (exact) mass is 346 g/mol. The van der Waals surface area contributed by atoms with Crippen molar-refractivity contribution in [3.63, 3.8) is 0 Å². The minimum absolute atomic E-state index is 0.825. The Hall–Kier alpha value is -1.34. The van der Waals surface area contributed by atoms with Crippen LogP contribution in [0.2, 0.25) is 0 Å². The molecule has 2 nitrogen and oxygen atoms in total. The van der Waals surface area contributed by atoms with Crippen LogP contribution in [0.1, 0.15) is 11.1 Å². The van der Waals surface area contributed by atoms with Gasteiger partial charge in [-0.05, 0) is 47.7 Å². The third-order valence-electron chi connectivity index (χ3n) is 3.47. The van der Waals surface area contributed by atoms with E-state index in [0.717, 1.165) is 25.4 Å². The van der Waals surface area contributed by atoms with Gasteiger partial charge in [-0.2, -0.15) is 0 Å². The first kappa shape index (κ1) is 13.3. The Morgan fingerprint density at radius 3 is 1.71 bits per heavy atom. The van der Waals surface area contributed by atoms with Gasteiger partial charge < -0.3 is 9.97 Å². The molecular formula is C15H10N2S4. The lowest BCUT2D eigenvalue weighted by atomic mass is 10.0. The molecule has 2 N–H and O–H groups in total. The first-order chi connectivity index (χ1) is 10.2. The van der Waals surface area contributed by atoms with Crippen molar-refractivity contribution >= 4 is 67.5 Å². The number of hydrogen-bond acceptors (Lipinski definition) is 4. The predicted octanol–water partition coefficient (Wildman–Crippen LogP) is 5.82. The first-order valence-corrected chi connectivity index (χ1v) is 8.87. The van der Waals surface area contributed by atoms with Gasteiger partial charge >= 0.3 is 0 Å². The maximum absolute atomic E-state index is 5.26. The van der Waals surface area contributed by atoms with Crippen LogP contribution in [0.25, 0.3) is 20.4 Å². The fourth-order valence-electron chi connectivity index (χ4n) is 2.56. The minimum atomic E-state index is 0.825. The summed E-state index contributed by atoms with van der Waals surface area (Å²) in [6.45, 7) is 0. The highest BCUT2D eigenvalue weighted by Crippen LogP contribution is 2.28. The SMILES string of the molecule is S=c1[nH]c2c(Cc3cccc4sc(=S)[nH]c34)cccc2s1. The van der Waals surface area contributed by atoms with Crippen LogP contribution < -0.4 is 0 Å². The maximum Gasteiger partial charge on any atom is 0.159 e. The van der Waals surface area contributed by atoms with E-state index < -0.39 is 0 Å². The number of fused-ring (bicyclic) bond motifs is 2. The Morgan fingerprint density at radius 2 is 1.24 bits per heavy atom. The van der Waals surface area contributed by atoms with Gasteiger partial charge in [0.2, 0.25) is 0 Å². The van der Waals surface area contributed by atoms with Crippen LogP contribution >= 0.6 is 47.1 Å². The van der Waals surface area contributed by atoms with Crippen LogP contribution in [-0.4, -0.2) is 9.97 Å². The van der Waals surface area contributed by atoms with Gasteiger partial charge in [0.1, 0.15) is 0 Å². The summed E-state index contributed by atoms with van der Waals surface area (Å²) in [5.74, 6) is 0. The molecule has 4 rings (SSSR count). The summed E-state index contributed by atoms with van der Waals surface area (Å²) in [7, 11) is 0. The molecule has 0 bridgehead atoms. The molecule has 0 amide bonds. The molecule has 6 heteroatoms. The van der Waals surface area contributed by atoms with E-state index in [-0.39, 0.29) is 0 Å². The molecule has 21 heavy (non-hydrogen) atoms. The smallest absolute Gasteiger partial charge is 0.159 e. The zero-order chi connectivity index (χ0) is 14.4. The molecule has 2 aromatic heterocycles. The van der Waals surface area contributed by atoms with Gasteiger partial charge in [-0.1, -0.05) is 24.3 Å². The number of H-pyrrole nitrogens is 2. The summed E-state index contributed by atoms with van der Waals surface area (Å²) in [4.78, 5) is 6.61. The fraction of sp³-hybridized carbons (Fsp3) is 0.0667. The molecule has 0 saturated heterocycles. The van der Waals surface area contributed by atoms with Crippen LogP contribution in [0.4, 0.5) is 0 Å². The van der Waals surface area contributed by atoms with Crippen molar-refractivity contribution < 1.29 is 0 Å². The molecule has 0 spiro atoms. The highest BCUT2D eigenvalue weighted by Gasteiger charge is 2.08. The Bertz CT molecular complexity index is 978. The van der Waals surface area contributed by atoms with Crippen molar-refractivity contribution in [3.05, 3.63) is 55.4 Å². The van der Waals surface area contributed by atoms with E-state index in [0.29, 0.717) is 0 Å². The van der Waals surface area contributed by atoms with Gasteiger partial charge in [0.15, 0.2) is 7.91 Å². The normalized spacial score (nSPS) is 11.4. The Labute approximate surface area is 139 Å². The highest BCUT2D eigenvalue weighted by molar-refractivity contribution is 7.74. The van der Waals surface area contributed by atoms with E-state index in [1.165, 1.54) is 20.5 Å². The summed E-state index contributed by atoms with van der Waals surface area (Å²) in [5.41, 5.74) is 4.83. The second-order valence-corrected chi connectivity index (χ2v) is 8.22. The average Bonchev–Trinajstić information content (AvgIpc) is 3.01. The lowest BCUT2D eigenvalue weighted by Crippen LogP contribution is -1.91. The van der Waals surface area contributed by atoms with Gasteiger partial charge in [-0.15, -0.1) is 22.7 Å². The van der Waals surface area contributed by atoms with Gasteiger partial charge in [0, 0.05) is 6.42 Å². The largest absolute Gasteiger partial charge is 0.337 e. The van der Waals surface area contributed by atoms with Crippen molar-refractivity contribution in [2.24, 2.45) is 0 Å². The molecule has 0 aliphatic rings. The lowest BCUT2D eigenvalue weighted by Gasteiger charge is -2.05. The summed E-state index contributed by atoms with van der Waals surface area (Å²) in [6, 6.07) is 12.7. The number of nitrogens with one attached hydrogen (secondary N) is 2. The predicted molar refractivity (Wildman–Crippen MR) is 96.8 cm³/mol. The Morgan fingerprint density at radius 1 is 0.762 bits per heavy atom. The van der Waals surface area contributed by atoms with Crippen molar-refractivity contribution in [3.8, 4) is 0 Å². The summed E-state index contributed by atoms with van der Waals surface area (Å²) < 4.78 is 4.07. The quantitative estimate of drug-likeness (QED) is 0.448. The van der Waals surface area contributed by atoms with Gasteiger partial charge in [-0.3, -0.25) is 0 Å². The molecule has 0 aliphatic carbocycles. The topological polar surface area (TPSA) is 31.6 Å². The van der Waals surface area contributed by atoms with Crippen molar-refractivity contribution in [1.29, 1.82) is 0 Å². The van der Waals surface area contributed by atoms with Gasteiger partial charge in [0.05, 0.1) is 20.4 Å². The standard InChI is InChI=1S/C15H10N2S4/c18-14-16-12-8(3-1-5-10(12)20-14)7-9-4-2-6-11-13(9)17-15(19)21-11/h1-6H,7H2,(H,16,18)(H,17,19). The second-order valence-electron chi connectivity index (χ2n) is 4.79. The summed E-state index contributed by atoms with van der Waals surface area (Å²) in [5, 5.41) is 0. The highest BCUT2D eigenvalue weighted by atomic mass is 32.2. The van der Waals surface area contributed by atoms with E-state index in [9.17, 15) is 0 Å². The van der Waals surface area contributed by atoms with Crippen molar-refractivity contribution in [2.45, 2.75) is 6.42 Å². The van der Waals surface area contributed by atoms with Crippen molar-refractivity contribution in [2.75, 3.05) is 0 Å². The molecule has 0 radical (unpaired) electrons. The number of thiazole rings is 2. The number of para-hydroxylation sites is 2. The number of aromatic amines is 2. The molecule has 0 fully saturated rings. The van der Waals surface area contributed by atoms with E-state index in [1.807, 2.05) is 0 Å². The molecular weight excluding hydrogens is 336 g/mol. The number of aromatic nitrogens is 2. The Balaban J connectivity index is 1.90. The summed E-state index contributed by atoms with van der Waals surface area (Å²) in [6.07, 6.45) is 0.860. The second kappa shape index (κ2) is 5.14. The van der Waals surface area contributed by atoms with Crippen LogP contribution in [0.15, 0.2) is 36.4 Å². The van der Waals surface area contributed by atoms with Gasteiger partial charge in [0.25, 0.3) is 0 Å². The van der Waals surface area contributed by atoms with Crippen LogP contribution in [-0.2, 0) is 6.42 Å². The molecule has 2 aromatic carbocycles. The molecule has 104 valence electrons. The zero-order valence-corrected chi connectivity index (χ0v) is 14.1. The first-order valence-electron chi connectivity index (χ1n) is 6.42. The number of benzene rings is 2. The van der Waals surface area contributed by atoms with E-state index in [2.05, 4.69) is 46.4 Å². The summed E-state index contributed by atoms with van der Waals surface area (Å²) >= 11 is 13.8. The fourth-order valence-corrected chi connectivity index (χ4v) is 4.87. The molecule has 0 aliphatic heterocycles. The number of hydrogen-bond donors (Lipinski definition) is 2. The van der Waals surface area contributed by atoms with Crippen molar-refractivity contribution in [1.82, 2.24) is 9.97 Å². The van der Waals surface area contributed by atoms with Crippen LogP contribution in [0, 0.1) is 7.91 Å². The van der Waals surface area contributed by atoms with E-state index in [1.54, 1.807) is 22.7 Å². The van der Waals surface area contributed by atoms with Gasteiger partial charge in [-0.25, -0.2) is 0 Å². The third-order valence-corrected chi connectivity index (χ3v) is 5.86.